The normalized spacial score (nSPS) is 11.9. The molecule has 54 heavy (non-hydrogen) atoms. The van der Waals surface area contributed by atoms with Gasteiger partial charge >= 0.3 is 21.1 Å². The van der Waals surface area contributed by atoms with Crippen LogP contribution < -0.4 is 4.74 Å². The summed E-state index contributed by atoms with van der Waals surface area (Å²) in [6.45, 7) is 24.5. The van der Waals surface area contributed by atoms with Crippen molar-refractivity contribution in [3.05, 3.63) is 130 Å². The third-order valence-corrected chi connectivity index (χ3v) is 10.4. The second-order valence-electron chi connectivity index (χ2n) is 16.5. The topological polar surface area (TPSA) is 44.9 Å². The summed E-state index contributed by atoms with van der Waals surface area (Å²) in [6, 6.07) is 33.1. The Labute approximate surface area is 336 Å². The zero-order valence-electron chi connectivity index (χ0n) is 33.6. The van der Waals surface area contributed by atoms with Crippen molar-refractivity contribution in [3.8, 4) is 34.1 Å². The fourth-order valence-electron chi connectivity index (χ4n) is 7.67. The van der Waals surface area contributed by atoms with Crippen LogP contribution in [0.25, 0.3) is 44.4 Å². The molecule has 0 amide bonds. The largest absolute Gasteiger partial charge is 2.00 e. The average molecular weight is 896 g/mol. The van der Waals surface area contributed by atoms with Gasteiger partial charge < -0.3 is 9.30 Å². The van der Waals surface area contributed by atoms with Gasteiger partial charge in [0.2, 0.25) is 0 Å². The molecule has 0 fully saturated rings. The fourth-order valence-corrected chi connectivity index (χ4v) is 7.67. The van der Waals surface area contributed by atoms with Gasteiger partial charge in [0, 0.05) is 34.5 Å². The first-order chi connectivity index (χ1) is 25.2. The molecule has 0 saturated carbocycles. The van der Waals surface area contributed by atoms with Gasteiger partial charge in [-0.3, -0.25) is 4.68 Å². The maximum Gasteiger partial charge on any atom is 2.00 e. The molecule has 0 N–H and O–H groups in total. The van der Waals surface area contributed by atoms with Crippen LogP contribution in [0, 0.1) is 45.7 Å². The number of aromatic nitrogens is 4. The Morgan fingerprint density at radius 3 is 2.19 bits per heavy atom. The van der Waals surface area contributed by atoms with Gasteiger partial charge in [-0.1, -0.05) is 89.9 Å². The van der Waals surface area contributed by atoms with E-state index in [0.717, 1.165) is 57.4 Å². The number of fused-ring (bicyclic) bond motifs is 3. The molecule has 0 aliphatic heterocycles. The van der Waals surface area contributed by atoms with Gasteiger partial charge in [0.05, 0.1) is 5.69 Å². The van der Waals surface area contributed by atoms with Gasteiger partial charge in [-0.25, -0.2) is 4.98 Å². The molecule has 0 aliphatic carbocycles. The van der Waals surface area contributed by atoms with E-state index in [1.54, 1.807) is 0 Å². The van der Waals surface area contributed by atoms with Crippen molar-refractivity contribution in [2.24, 2.45) is 5.92 Å². The first-order valence-corrected chi connectivity index (χ1v) is 19.0. The molecule has 5 nitrogen and oxygen atoms in total. The van der Waals surface area contributed by atoms with Crippen LogP contribution in [0.5, 0.6) is 11.5 Å². The quantitative estimate of drug-likeness (QED) is 0.136. The maximum absolute atomic E-state index is 6.76. The minimum Gasteiger partial charge on any atom is -0.509 e. The maximum atomic E-state index is 6.76. The summed E-state index contributed by atoms with van der Waals surface area (Å²) < 4.78 is 11.1. The number of nitrogens with zero attached hydrogens (tertiary/aromatic N) is 4. The van der Waals surface area contributed by atoms with Crippen LogP contribution in [0.2, 0.25) is 0 Å². The van der Waals surface area contributed by atoms with Crippen LogP contribution in [0.3, 0.4) is 0 Å². The summed E-state index contributed by atoms with van der Waals surface area (Å²) in [5.74, 6) is 3.07. The molecule has 7 aromatic rings. The molecule has 0 aliphatic rings. The number of hydrogen-bond donors (Lipinski definition) is 0. The molecule has 3 heterocycles. The van der Waals surface area contributed by atoms with E-state index in [0.29, 0.717) is 23.3 Å². The van der Waals surface area contributed by atoms with Gasteiger partial charge in [0.1, 0.15) is 5.82 Å². The Kier molecular flexibility index (Phi) is 11.1. The van der Waals surface area contributed by atoms with Gasteiger partial charge in [-0.2, -0.15) is 11.2 Å². The smallest absolute Gasteiger partial charge is 0.509 e. The van der Waals surface area contributed by atoms with Crippen LogP contribution in [-0.4, -0.2) is 19.3 Å². The van der Waals surface area contributed by atoms with Crippen molar-refractivity contribution < 1.29 is 25.8 Å². The van der Waals surface area contributed by atoms with E-state index >= 15 is 0 Å². The molecule has 0 radical (unpaired) electrons. The number of para-hydroxylation sites is 1. The van der Waals surface area contributed by atoms with Gasteiger partial charge in [0.25, 0.3) is 0 Å². The van der Waals surface area contributed by atoms with Gasteiger partial charge in [-0.15, -0.1) is 41.3 Å². The zero-order chi connectivity index (χ0) is 37.8. The Morgan fingerprint density at radius 2 is 1.50 bits per heavy atom. The third-order valence-electron chi connectivity index (χ3n) is 10.4. The number of pyridine rings is 1. The first-order valence-electron chi connectivity index (χ1n) is 19.0. The van der Waals surface area contributed by atoms with Crippen LogP contribution in [0.4, 0.5) is 0 Å². The van der Waals surface area contributed by atoms with Crippen molar-refractivity contribution in [1.82, 2.24) is 19.3 Å². The molecule has 3 aromatic heterocycles. The average Bonchev–Trinajstić information content (AvgIpc) is 3.60. The van der Waals surface area contributed by atoms with Crippen molar-refractivity contribution >= 4 is 21.8 Å². The molecular formula is C48H52N4OPt. The van der Waals surface area contributed by atoms with E-state index in [4.69, 9.17) is 14.8 Å². The second kappa shape index (κ2) is 15.3. The monoisotopic (exact) mass is 895 g/mol. The van der Waals surface area contributed by atoms with Crippen LogP contribution in [-0.2, 0) is 32.9 Å². The van der Waals surface area contributed by atoms with Crippen LogP contribution >= 0.6 is 0 Å². The van der Waals surface area contributed by atoms with Crippen molar-refractivity contribution in [1.29, 1.82) is 0 Å². The minimum absolute atomic E-state index is 0. The molecule has 0 bridgehead atoms. The Hall–Kier alpha value is -4.47. The van der Waals surface area contributed by atoms with Crippen molar-refractivity contribution in [2.75, 3.05) is 0 Å². The summed E-state index contributed by atoms with van der Waals surface area (Å²) in [5, 5.41) is 7.51. The predicted molar refractivity (Wildman–Crippen MR) is 220 cm³/mol. The molecule has 280 valence electrons. The van der Waals surface area contributed by atoms with E-state index in [1.807, 2.05) is 12.3 Å². The van der Waals surface area contributed by atoms with E-state index in [9.17, 15) is 0 Å². The number of hydrogen-bond acceptors (Lipinski definition) is 3. The molecule has 0 spiro atoms. The molecule has 0 saturated heterocycles. The minimum atomic E-state index is -0.136. The number of ether oxygens (including phenoxy) is 1. The summed E-state index contributed by atoms with van der Waals surface area (Å²) >= 11 is 0. The Morgan fingerprint density at radius 1 is 0.778 bits per heavy atom. The van der Waals surface area contributed by atoms with Crippen LogP contribution in [0.1, 0.15) is 100 Å². The second-order valence-corrected chi connectivity index (χ2v) is 16.5. The number of benzene rings is 4. The number of rotatable bonds is 9. The zero-order valence-corrected chi connectivity index (χ0v) is 35.9. The van der Waals surface area contributed by atoms with Crippen molar-refractivity contribution in [3.63, 3.8) is 0 Å². The summed E-state index contributed by atoms with van der Waals surface area (Å²) in [5.41, 5.74) is 13.8. The summed E-state index contributed by atoms with van der Waals surface area (Å²) in [4.78, 5) is 4.83. The molecule has 0 unspecified atom stereocenters. The van der Waals surface area contributed by atoms with E-state index in [1.165, 1.54) is 39.1 Å². The standard InChI is InChI=1S/C48H52N4O.Pt/c1-29(2)16-19-43-47(46-32(6)22-31(5)23-33(46)7)34(8)50-52(43)37-25-36(48(9,10)11)26-39(27-37)53-38-17-18-41-40-14-12-13-15-42(40)51(44(41)28-38)45-24-35(30(3)4)20-21-49-45;/h12-15,17-18,20-26,29-30H,16,19H2,1-11H3;/q-2;+2. The Balaban J connectivity index is 0.00000497. The molecule has 6 heteroatoms. The summed E-state index contributed by atoms with van der Waals surface area (Å²) in [6.07, 6.45) is 3.87. The fraction of sp³-hybridized carbons (Fsp3) is 0.333. The molecular weight excluding hydrogens is 844 g/mol. The van der Waals surface area contributed by atoms with Gasteiger partial charge in [-0.05, 0) is 109 Å². The SMILES string of the molecule is Cc1cc(C)c(-c2c(C)nn(-c3[c-]c(Oc4[c-]c5c(cc4)c4ccccc4n5-c4cc(C(C)C)ccn4)cc(C(C)(C)C)c3)c2CCC(C)C)c(C)c1.[Pt+2]. The van der Waals surface area contributed by atoms with E-state index in [2.05, 4.69) is 164 Å². The predicted octanol–water partition coefficient (Wildman–Crippen LogP) is 12.7. The first kappa shape index (κ1) is 39.2. The molecule has 4 aromatic carbocycles. The Bertz CT molecular complexity index is 2450. The summed E-state index contributed by atoms with van der Waals surface area (Å²) in [7, 11) is 0. The van der Waals surface area contributed by atoms with Crippen molar-refractivity contribution in [2.45, 2.75) is 100 Å². The molecule has 7 rings (SSSR count). The third kappa shape index (κ3) is 7.58. The van der Waals surface area contributed by atoms with E-state index < -0.39 is 0 Å². The van der Waals surface area contributed by atoms with E-state index in [-0.39, 0.29) is 26.5 Å². The number of aryl methyl sites for hydroxylation is 4. The molecule has 0 atom stereocenters. The van der Waals surface area contributed by atoms with Gasteiger partial charge in [0.15, 0.2) is 0 Å². The van der Waals surface area contributed by atoms with Crippen LogP contribution in [0.15, 0.2) is 79.0 Å².